The van der Waals surface area contributed by atoms with Crippen molar-refractivity contribution in [3.8, 4) is 22.8 Å². The molecule has 4 N–H and O–H groups in total. The molecule has 8 heteroatoms. The van der Waals surface area contributed by atoms with Gasteiger partial charge in [0.15, 0.2) is 5.13 Å². The minimum atomic E-state index is -0.234. The van der Waals surface area contributed by atoms with Crippen LogP contribution in [0, 0.1) is 12.8 Å². The Bertz CT molecular complexity index is 1420. The zero-order chi connectivity index (χ0) is 25.9. The number of H-pyrrole nitrogens is 1. The summed E-state index contributed by atoms with van der Waals surface area (Å²) in [6, 6.07) is 11.3. The van der Waals surface area contributed by atoms with Crippen molar-refractivity contribution in [1.29, 1.82) is 0 Å². The van der Waals surface area contributed by atoms with E-state index in [2.05, 4.69) is 10.3 Å². The number of nitrogens with one attached hydrogen (secondary N) is 2. The molecule has 0 atom stereocenters. The monoisotopic (exact) mass is 518 g/mol. The zero-order valence-electron chi connectivity index (χ0n) is 21.6. The molecule has 0 unspecified atom stereocenters. The number of nitrogens with zero attached hydrogens (tertiary/aromatic N) is 1. The number of fused-ring (bicyclic) bond motifs is 1. The van der Waals surface area contributed by atoms with Crippen molar-refractivity contribution in [1.82, 2.24) is 9.97 Å². The van der Waals surface area contributed by atoms with Gasteiger partial charge in [-0.15, -0.1) is 11.3 Å². The van der Waals surface area contributed by atoms with E-state index in [1.165, 1.54) is 43.4 Å². The minimum Gasteiger partial charge on any atom is -0.496 e. The molecule has 1 aliphatic carbocycles. The fraction of sp³-hybridized carbons (Fsp3) is 0.379. The number of aromatic amines is 1. The third-order valence-corrected chi connectivity index (χ3v) is 8.31. The van der Waals surface area contributed by atoms with Crippen LogP contribution in [0.15, 0.2) is 36.4 Å². The van der Waals surface area contributed by atoms with Gasteiger partial charge in [0.05, 0.1) is 19.9 Å². The average Bonchev–Trinajstić information content (AvgIpc) is 3.51. The van der Waals surface area contributed by atoms with Crippen LogP contribution in [0.3, 0.4) is 0 Å². The smallest absolute Gasteiger partial charge is 0.273 e. The van der Waals surface area contributed by atoms with Gasteiger partial charge in [0.2, 0.25) is 0 Å². The summed E-state index contributed by atoms with van der Waals surface area (Å²) in [4.78, 5) is 22.4. The highest BCUT2D eigenvalue weighted by Gasteiger charge is 2.22. The van der Waals surface area contributed by atoms with Crippen LogP contribution in [0.4, 0.5) is 10.8 Å². The van der Waals surface area contributed by atoms with Gasteiger partial charge in [0.1, 0.15) is 17.2 Å². The number of carbonyl (C=O) groups is 1. The van der Waals surface area contributed by atoms with Crippen molar-refractivity contribution in [3.63, 3.8) is 0 Å². The van der Waals surface area contributed by atoms with E-state index in [4.69, 9.17) is 20.2 Å². The summed E-state index contributed by atoms with van der Waals surface area (Å²) in [6.07, 6.45) is 8.62. The number of nitrogen functional groups attached to an aromatic ring is 1. The van der Waals surface area contributed by atoms with E-state index < -0.39 is 0 Å². The molecule has 1 saturated carbocycles. The van der Waals surface area contributed by atoms with Gasteiger partial charge in [0, 0.05) is 27.0 Å². The number of ether oxygens (including phenoxy) is 2. The van der Waals surface area contributed by atoms with Crippen LogP contribution in [0.5, 0.6) is 11.5 Å². The van der Waals surface area contributed by atoms with Crippen molar-refractivity contribution < 1.29 is 14.3 Å². The molecule has 0 radical (unpaired) electrons. The molecule has 37 heavy (non-hydrogen) atoms. The van der Waals surface area contributed by atoms with Crippen LogP contribution < -0.4 is 20.5 Å². The first-order valence-electron chi connectivity index (χ1n) is 12.9. The van der Waals surface area contributed by atoms with Gasteiger partial charge in [-0.25, -0.2) is 4.98 Å². The van der Waals surface area contributed by atoms with Crippen molar-refractivity contribution >= 4 is 39.0 Å². The number of hydrogen-bond acceptors (Lipinski definition) is 6. The lowest BCUT2D eigenvalue weighted by Crippen LogP contribution is -2.11. The van der Waals surface area contributed by atoms with Crippen LogP contribution in [-0.2, 0) is 6.42 Å². The summed E-state index contributed by atoms with van der Waals surface area (Å²) < 4.78 is 11.3. The van der Waals surface area contributed by atoms with Gasteiger partial charge >= 0.3 is 0 Å². The fourth-order valence-corrected chi connectivity index (χ4v) is 6.26. The molecule has 1 fully saturated rings. The number of rotatable bonds is 8. The molecule has 4 aromatic rings. The Hall–Kier alpha value is -3.52. The molecule has 1 amide bonds. The van der Waals surface area contributed by atoms with Crippen molar-refractivity contribution in [2.75, 3.05) is 25.3 Å². The van der Waals surface area contributed by atoms with E-state index >= 15 is 0 Å². The number of hydrogen-bond donors (Lipinski definition) is 3. The standard InChI is InChI=1S/C29H34N4O3S/c1-17-13-25(36-3)21(16-24(17)35-2)27-26(12-9-18-7-5-4-6-8-18)37-29(32-27)33-28(34)23-15-19-14-20(30)10-11-22(19)31-23/h10-11,13-16,18,31H,4-9,12,30H2,1-3H3,(H,32,33,34). The highest BCUT2D eigenvalue weighted by Crippen LogP contribution is 2.41. The second kappa shape index (κ2) is 10.8. The lowest BCUT2D eigenvalue weighted by molar-refractivity contribution is 0.102. The Morgan fingerprint density at radius 3 is 2.65 bits per heavy atom. The maximum atomic E-state index is 13.1. The Kier molecular flexibility index (Phi) is 7.37. The lowest BCUT2D eigenvalue weighted by atomic mass is 9.86. The number of thiazole rings is 1. The number of nitrogens with two attached hydrogens (primary N) is 1. The van der Waals surface area contributed by atoms with Crippen molar-refractivity contribution in [2.45, 2.75) is 51.9 Å². The summed E-state index contributed by atoms with van der Waals surface area (Å²) in [5, 5.41) is 4.48. The first kappa shape index (κ1) is 25.1. The van der Waals surface area contributed by atoms with Gasteiger partial charge in [-0.1, -0.05) is 32.1 Å². The van der Waals surface area contributed by atoms with Crippen LogP contribution in [0.25, 0.3) is 22.2 Å². The first-order chi connectivity index (χ1) is 17.9. The third kappa shape index (κ3) is 5.44. The molecule has 0 aliphatic heterocycles. The Morgan fingerprint density at radius 1 is 1.11 bits per heavy atom. The van der Waals surface area contributed by atoms with Gasteiger partial charge in [-0.2, -0.15) is 0 Å². The molecule has 2 heterocycles. The van der Waals surface area contributed by atoms with Crippen molar-refractivity contribution in [3.05, 3.63) is 52.5 Å². The summed E-state index contributed by atoms with van der Waals surface area (Å²) in [7, 11) is 3.34. The summed E-state index contributed by atoms with van der Waals surface area (Å²) in [5.41, 5.74) is 10.6. The molecule has 0 spiro atoms. The maximum Gasteiger partial charge on any atom is 0.273 e. The quantitative estimate of drug-likeness (QED) is 0.219. The summed E-state index contributed by atoms with van der Waals surface area (Å²) in [6.45, 7) is 2.00. The molecular weight excluding hydrogens is 484 g/mol. The number of aryl methyl sites for hydroxylation is 2. The molecule has 2 aromatic carbocycles. The number of methoxy groups -OCH3 is 2. The first-order valence-corrected chi connectivity index (χ1v) is 13.7. The predicted molar refractivity (Wildman–Crippen MR) is 151 cm³/mol. The largest absolute Gasteiger partial charge is 0.496 e. The summed E-state index contributed by atoms with van der Waals surface area (Å²) >= 11 is 1.54. The highest BCUT2D eigenvalue weighted by molar-refractivity contribution is 7.16. The average molecular weight is 519 g/mol. The van der Waals surface area contributed by atoms with Gasteiger partial charge in [0.25, 0.3) is 5.91 Å². The van der Waals surface area contributed by atoms with E-state index in [-0.39, 0.29) is 5.91 Å². The Labute approximate surface area is 221 Å². The molecule has 5 rings (SSSR count). The third-order valence-electron chi connectivity index (χ3n) is 7.28. The van der Waals surface area contributed by atoms with Crippen LogP contribution in [-0.4, -0.2) is 30.1 Å². The second-order valence-electron chi connectivity index (χ2n) is 9.84. The number of benzene rings is 2. The Balaban J connectivity index is 1.47. The molecule has 7 nitrogen and oxygen atoms in total. The topological polar surface area (TPSA) is 102 Å². The van der Waals surface area contributed by atoms with E-state index in [9.17, 15) is 4.79 Å². The Morgan fingerprint density at radius 2 is 1.89 bits per heavy atom. The number of anilines is 2. The predicted octanol–water partition coefficient (Wildman–Crippen LogP) is 6.96. The molecule has 2 aromatic heterocycles. The van der Waals surface area contributed by atoms with Gasteiger partial charge in [-0.3, -0.25) is 10.1 Å². The minimum absolute atomic E-state index is 0.234. The van der Waals surface area contributed by atoms with Gasteiger partial charge < -0.3 is 20.2 Å². The lowest BCUT2D eigenvalue weighted by Gasteiger charge is -2.21. The number of carbonyl (C=O) groups excluding carboxylic acids is 1. The van der Waals surface area contributed by atoms with Crippen molar-refractivity contribution in [2.24, 2.45) is 5.92 Å². The zero-order valence-corrected chi connectivity index (χ0v) is 22.5. The molecule has 1 aliphatic rings. The number of aromatic nitrogens is 2. The molecule has 0 saturated heterocycles. The normalized spacial score (nSPS) is 14.1. The van der Waals surface area contributed by atoms with E-state index in [0.717, 1.165) is 62.9 Å². The van der Waals surface area contributed by atoms with E-state index in [1.54, 1.807) is 14.2 Å². The van der Waals surface area contributed by atoms with Crippen LogP contribution >= 0.6 is 11.3 Å². The van der Waals surface area contributed by atoms with Gasteiger partial charge in [-0.05, 0) is 67.6 Å². The molecule has 194 valence electrons. The maximum absolute atomic E-state index is 13.1. The fourth-order valence-electron chi connectivity index (χ4n) is 5.27. The SMILES string of the molecule is COc1cc(-c2nc(NC(=O)c3cc4cc(N)ccc4[nH]3)sc2CCC2CCCCC2)c(OC)cc1C. The number of amides is 1. The highest BCUT2D eigenvalue weighted by atomic mass is 32.1. The second-order valence-corrected chi connectivity index (χ2v) is 10.9. The summed E-state index contributed by atoms with van der Waals surface area (Å²) in [5.74, 6) is 2.04. The molecular formula is C29H34N4O3S. The van der Waals surface area contributed by atoms with Crippen LogP contribution in [0.1, 0.15) is 59.5 Å². The van der Waals surface area contributed by atoms with E-state index in [0.29, 0.717) is 16.5 Å². The van der Waals surface area contributed by atoms with Crippen LogP contribution in [0.2, 0.25) is 0 Å². The molecule has 0 bridgehead atoms. The van der Waals surface area contributed by atoms with E-state index in [1.807, 2.05) is 43.3 Å².